The van der Waals surface area contributed by atoms with Crippen LogP contribution in [0.15, 0.2) is 53.7 Å². The van der Waals surface area contributed by atoms with E-state index in [0.29, 0.717) is 5.92 Å². The summed E-state index contributed by atoms with van der Waals surface area (Å²) in [4.78, 5) is 5.07. The Bertz CT molecular complexity index is 732. The van der Waals surface area contributed by atoms with Crippen molar-refractivity contribution in [2.45, 2.75) is 31.6 Å². The van der Waals surface area contributed by atoms with Gasteiger partial charge in [-0.1, -0.05) is 41.6 Å². The minimum absolute atomic E-state index is 0.305. The van der Waals surface area contributed by atoms with Gasteiger partial charge in [-0.3, -0.25) is 0 Å². The van der Waals surface area contributed by atoms with E-state index in [4.69, 9.17) is 9.57 Å². The Balaban J connectivity index is 1.49. The molecule has 1 saturated carbocycles. The van der Waals surface area contributed by atoms with Crippen LogP contribution in [0.4, 0.5) is 0 Å². The highest BCUT2D eigenvalue weighted by Gasteiger charge is 2.29. The van der Waals surface area contributed by atoms with Crippen LogP contribution in [0.3, 0.4) is 0 Å². The van der Waals surface area contributed by atoms with Gasteiger partial charge >= 0.3 is 0 Å². The molecule has 1 fully saturated rings. The van der Waals surface area contributed by atoms with Crippen molar-refractivity contribution in [1.82, 2.24) is 0 Å². The summed E-state index contributed by atoms with van der Waals surface area (Å²) in [6.07, 6.45) is 4.47. The van der Waals surface area contributed by atoms with Crippen molar-refractivity contribution in [2.24, 2.45) is 11.1 Å². The van der Waals surface area contributed by atoms with Gasteiger partial charge < -0.3 is 9.57 Å². The molecule has 0 saturated heterocycles. The Morgan fingerprint density at radius 1 is 1.04 bits per heavy atom. The lowest BCUT2D eigenvalue weighted by Gasteiger charge is -2.13. The predicted molar refractivity (Wildman–Crippen MR) is 95.7 cm³/mol. The highest BCUT2D eigenvalue weighted by Crippen LogP contribution is 2.34. The molecule has 124 valence electrons. The van der Waals surface area contributed by atoms with Gasteiger partial charge in [0, 0.05) is 12.3 Å². The lowest BCUT2D eigenvalue weighted by atomic mass is 9.92. The highest BCUT2D eigenvalue weighted by atomic mass is 16.6. The van der Waals surface area contributed by atoms with Crippen LogP contribution in [0, 0.1) is 5.92 Å². The van der Waals surface area contributed by atoms with Crippen molar-refractivity contribution in [1.29, 1.82) is 0 Å². The van der Waals surface area contributed by atoms with E-state index >= 15 is 0 Å². The van der Waals surface area contributed by atoms with Gasteiger partial charge in [-0.25, -0.2) is 0 Å². The molecule has 2 aliphatic carbocycles. The zero-order valence-corrected chi connectivity index (χ0v) is 14.1. The summed E-state index contributed by atoms with van der Waals surface area (Å²) < 4.78 is 5.83. The minimum atomic E-state index is 0.305. The molecule has 1 unspecified atom stereocenters. The zero-order chi connectivity index (χ0) is 16.4. The molecule has 0 aromatic heterocycles. The third-order valence-electron chi connectivity index (χ3n) is 4.96. The highest BCUT2D eigenvalue weighted by molar-refractivity contribution is 5.96. The van der Waals surface area contributed by atoms with Gasteiger partial charge in [-0.05, 0) is 54.0 Å². The lowest BCUT2D eigenvalue weighted by Crippen LogP contribution is -2.10. The van der Waals surface area contributed by atoms with Gasteiger partial charge in [0.15, 0.2) is 0 Å². The monoisotopic (exact) mass is 321 g/mol. The van der Waals surface area contributed by atoms with Gasteiger partial charge in [0.25, 0.3) is 0 Å². The van der Waals surface area contributed by atoms with E-state index in [1.807, 2.05) is 0 Å². The van der Waals surface area contributed by atoms with Crippen molar-refractivity contribution >= 4 is 5.71 Å². The van der Waals surface area contributed by atoms with E-state index in [1.54, 1.807) is 7.11 Å². The molecule has 2 aromatic carbocycles. The van der Waals surface area contributed by atoms with Gasteiger partial charge in [0.2, 0.25) is 0 Å². The molecule has 3 heteroatoms. The number of hydrogen-bond donors (Lipinski definition) is 0. The van der Waals surface area contributed by atoms with Crippen LogP contribution in [0.25, 0.3) is 0 Å². The lowest BCUT2D eigenvalue weighted by molar-refractivity contribution is 0.211. The molecular formula is C21H23NO2. The first-order valence-corrected chi connectivity index (χ1v) is 8.73. The quantitative estimate of drug-likeness (QED) is 0.740. The SMILES string of the molecule is CO/N=C1\Cc2ccccc2C1Cc1ccc(OCC2CC2)cc1. The molecule has 0 amide bonds. The normalized spacial score (nSPS) is 20.9. The van der Waals surface area contributed by atoms with Gasteiger partial charge in [0.05, 0.1) is 12.3 Å². The third kappa shape index (κ3) is 3.30. The number of benzene rings is 2. The maximum absolute atomic E-state index is 5.83. The average Bonchev–Trinajstić information content (AvgIpc) is 3.38. The van der Waals surface area contributed by atoms with Crippen LogP contribution in [0.2, 0.25) is 0 Å². The van der Waals surface area contributed by atoms with Crippen LogP contribution < -0.4 is 4.74 Å². The molecule has 3 nitrogen and oxygen atoms in total. The molecule has 2 aromatic rings. The second-order valence-electron chi connectivity index (χ2n) is 6.80. The van der Waals surface area contributed by atoms with Crippen molar-refractivity contribution in [3.63, 3.8) is 0 Å². The van der Waals surface area contributed by atoms with Crippen molar-refractivity contribution in [3.05, 3.63) is 65.2 Å². The Kier molecular flexibility index (Phi) is 4.24. The molecule has 0 N–H and O–H groups in total. The smallest absolute Gasteiger partial charge is 0.119 e. The summed E-state index contributed by atoms with van der Waals surface area (Å²) in [5.74, 6) is 2.06. The second kappa shape index (κ2) is 6.68. The van der Waals surface area contributed by atoms with E-state index in [0.717, 1.165) is 36.8 Å². The van der Waals surface area contributed by atoms with E-state index in [9.17, 15) is 0 Å². The first-order chi connectivity index (χ1) is 11.8. The Labute approximate surface area is 143 Å². The summed E-state index contributed by atoms with van der Waals surface area (Å²) in [6.45, 7) is 0.861. The maximum atomic E-state index is 5.83. The number of rotatable bonds is 6. The first-order valence-electron chi connectivity index (χ1n) is 8.73. The Morgan fingerprint density at radius 3 is 2.58 bits per heavy atom. The average molecular weight is 321 g/mol. The second-order valence-corrected chi connectivity index (χ2v) is 6.80. The standard InChI is InChI=1S/C21H23NO2/c1-23-22-21-13-17-4-2-3-5-19(17)20(21)12-15-8-10-18(11-9-15)24-14-16-6-7-16/h2-5,8-11,16,20H,6-7,12-14H2,1H3/b22-21+. The van der Waals surface area contributed by atoms with Crippen LogP contribution in [-0.2, 0) is 17.7 Å². The van der Waals surface area contributed by atoms with Crippen LogP contribution in [-0.4, -0.2) is 19.4 Å². The topological polar surface area (TPSA) is 30.8 Å². The van der Waals surface area contributed by atoms with E-state index < -0.39 is 0 Å². The minimum Gasteiger partial charge on any atom is -0.493 e. The first kappa shape index (κ1) is 15.3. The summed E-state index contributed by atoms with van der Waals surface area (Å²) in [7, 11) is 1.62. The summed E-state index contributed by atoms with van der Waals surface area (Å²) in [6, 6.07) is 17.1. The molecule has 0 heterocycles. The van der Waals surface area contributed by atoms with Crippen LogP contribution in [0.5, 0.6) is 5.75 Å². The molecule has 1 atom stereocenters. The molecule has 2 aliphatic rings. The number of ether oxygens (including phenoxy) is 1. The van der Waals surface area contributed by atoms with Crippen LogP contribution in [0.1, 0.15) is 35.4 Å². The maximum Gasteiger partial charge on any atom is 0.119 e. The summed E-state index contributed by atoms with van der Waals surface area (Å²) >= 11 is 0. The van der Waals surface area contributed by atoms with Crippen molar-refractivity contribution in [3.8, 4) is 5.75 Å². The van der Waals surface area contributed by atoms with Crippen molar-refractivity contribution < 1.29 is 9.57 Å². The number of hydrogen-bond acceptors (Lipinski definition) is 3. The summed E-state index contributed by atoms with van der Waals surface area (Å²) in [5, 5.41) is 4.28. The fourth-order valence-corrected chi connectivity index (χ4v) is 3.43. The molecule has 0 bridgehead atoms. The molecule has 0 radical (unpaired) electrons. The fraction of sp³-hybridized carbons (Fsp3) is 0.381. The largest absolute Gasteiger partial charge is 0.493 e. The van der Waals surface area contributed by atoms with Gasteiger partial charge in [0.1, 0.15) is 12.9 Å². The van der Waals surface area contributed by atoms with Crippen LogP contribution >= 0.6 is 0 Å². The predicted octanol–water partition coefficient (Wildman–Crippen LogP) is 4.36. The summed E-state index contributed by atoms with van der Waals surface area (Å²) in [5.41, 5.74) is 5.16. The number of fused-ring (bicyclic) bond motifs is 1. The zero-order valence-electron chi connectivity index (χ0n) is 14.1. The third-order valence-corrected chi connectivity index (χ3v) is 4.96. The molecule has 0 aliphatic heterocycles. The molecule has 0 spiro atoms. The van der Waals surface area contributed by atoms with Crippen molar-refractivity contribution in [2.75, 3.05) is 13.7 Å². The number of nitrogens with zero attached hydrogens (tertiary/aromatic N) is 1. The van der Waals surface area contributed by atoms with E-state index in [2.05, 4.69) is 53.7 Å². The Hall–Kier alpha value is -2.29. The Morgan fingerprint density at radius 2 is 1.83 bits per heavy atom. The van der Waals surface area contributed by atoms with Gasteiger partial charge in [-0.2, -0.15) is 0 Å². The van der Waals surface area contributed by atoms with E-state index in [-0.39, 0.29) is 0 Å². The molecule has 24 heavy (non-hydrogen) atoms. The fourth-order valence-electron chi connectivity index (χ4n) is 3.43. The number of oxime groups is 1. The molecular weight excluding hydrogens is 298 g/mol. The van der Waals surface area contributed by atoms with Gasteiger partial charge in [-0.15, -0.1) is 0 Å². The van der Waals surface area contributed by atoms with E-state index in [1.165, 1.54) is 29.5 Å². The molecule has 4 rings (SSSR count).